The Morgan fingerprint density at radius 1 is 0.968 bits per heavy atom. The number of aromatic carboxylic acids is 1. The Bertz CT molecular complexity index is 1290. The van der Waals surface area contributed by atoms with Gasteiger partial charge in [0.1, 0.15) is 5.75 Å². The molecule has 1 aromatic heterocycles. The molecule has 8 heteroatoms. The van der Waals surface area contributed by atoms with Crippen molar-refractivity contribution in [1.29, 1.82) is 0 Å². The lowest BCUT2D eigenvalue weighted by Crippen LogP contribution is -2.24. The van der Waals surface area contributed by atoms with Crippen LogP contribution in [0.1, 0.15) is 10.4 Å². The molecule has 4 aromatic rings. The van der Waals surface area contributed by atoms with E-state index in [1.165, 1.54) is 23.0 Å². The topological polar surface area (TPSA) is 93.4 Å². The van der Waals surface area contributed by atoms with Gasteiger partial charge < -0.3 is 15.2 Å². The van der Waals surface area contributed by atoms with E-state index in [4.69, 9.17) is 21.4 Å². The van der Waals surface area contributed by atoms with Gasteiger partial charge in [-0.2, -0.15) is 9.78 Å². The standard InChI is InChI=1S/C23H16ClN3O4/c24-18-8-4-5-9-19(18)27-22(28)21(26-16-12-10-15(11-13-16)23(29)30)20(14-25-27)31-17-6-2-1-3-7-17/h1-14,26H,(H,29,30). The number of carboxylic acid groups (broad SMARTS) is 1. The number of carbonyl (C=O) groups is 1. The summed E-state index contributed by atoms with van der Waals surface area (Å²) in [5, 5.41) is 16.7. The summed E-state index contributed by atoms with van der Waals surface area (Å²) in [6, 6.07) is 21.8. The third-order valence-corrected chi connectivity index (χ3v) is 4.72. The minimum atomic E-state index is -1.04. The first-order chi connectivity index (χ1) is 15.0. The van der Waals surface area contributed by atoms with Gasteiger partial charge in [-0.15, -0.1) is 0 Å². The Labute approximate surface area is 182 Å². The second-order valence-electron chi connectivity index (χ2n) is 6.47. The maximum atomic E-state index is 13.3. The molecule has 0 fully saturated rings. The number of ether oxygens (including phenoxy) is 1. The minimum Gasteiger partial charge on any atom is -0.478 e. The van der Waals surface area contributed by atoms with Crippen molar-refractivity contribution in [2.75, 3.05) is 5.32 Å². The highest BCUT2D eigenvalue weighted by atomic mass is 35.5. The lowest BCUT2D eigenvalue weighted by Gasteiger charge is -2.15. The van der Waals surface area contributed by atoms with Gasteiger partial charge in [-0.05, 0) is 48.5 Å². The minimum absolute atomic E-state index is 0.127. The van der Waals surface area contributed by atoms with E-state index in [0.717, 1.165) is 0 Å². The zero-order chi connectivity index (χ0) is 21.8. The number of nitrogens with one attached hydrogen (secondary N) is 1. The summed E-state index contributed by atoms with van der Waals surface area (Å²) < 4.78 is 7.05. The molecule has 2 N–H and O–H groups in total. The Morgan fingerprint density at radius 3 is 2.32 bits per heavy atom. The van der Waals surface area contributed by atoms with Crippen molar-refractivity contribution in [2.45, 2.75) is 0 Å². The molecule has 31 heavy (non-hydrogen) atoms. The molecule has 154 valence electrons. The average Bonchev–Trinajstić information content (AvgIpc) is 2.78. The van der Waals surface area contributed by atoms with E-state index in [2.05, 4.69) is 10.4 Å². The Hall–Kier alpha value is -4.10. The fourth-order valence-corrected chi connectivity index (χ4v) is 3.10. The summed E-state index contributed by atoms with van der Waals surface area (Å²) in [6.45, 7) is 0. The predicted octanol–water partition coefficient (Wildman–Crippen LogP) is 5.12. The summed E-state index contributed by atoms with van der Waals surface area (Å²) in [4.78, 5) is 24.4. The molecule has 1 heterocycles. The van der Waals surface area contributed by atoms with Crippen LogP contribution >= 0.6 is 11.6 Å². The van der Waals surface area contributed by atoms with Gasteiger partial charge in [-0.1, -0.05) is 41.9 Å². The normalized spacial score (nSPS) is 10.5. The summed E-state index contributed by atoms with van der Waals surface area (Å²) in [7, 11) is 0. The van der Waals surface area contributed by atoms with Crippen molar-refractivity contribution >= 4 is 28.9 Å². The van der Waals surface area contributed by atoms with Crippen molar-refractivity contribution in [3.8, 4) is 17.2 Å². The molecule has 0 aliphatic carbocycles. The van der Waals surface area contributed by atoms with Gasteiger partial charge in [0, 0.05) is 5.69 Å². The largest absolute Gasteiger partial charge is 0.478 e. The summed E-state index contributed by atoms with van der Waals surface area (Å²) >= 11 is 6.25. The molecule has 3 aromatic carbocycles. The van der Waals surface area contributed by atoms with Crippen LogP contribution in [-0.2, 0) is 0 Å². The Kier molecular flexibility index (Phi) is 5.68. The highest BCUT2D eigenvalue weighted by molar-refractivity contribution is 6.32. The maximum Gasteiger partial charge on any atom is 0.335 e. The van der Waals surface area contributed by atoms with Crippen LogP contribution < -0.4 is 15.6 Å². The fourth-order valence-electron chi connectivity index (χ4n) is 2.88. The number of hydrogen-bond acceptors (Lipinski definition) is 5. The number of rotatable bonds is 6. The Balaban J connectivity index is 1.80. The van der Waals surface area contributed by atoms with Crippen molar-refractivity contribution in [1.82, 2.24) is 9.78 Å². The average molecular weight is 434 g/mol. The highest BCUT2D eigenvalue weighted by Crippen LogP contribution is 2.29. The quantitative estimate of drug-likeness (QED) is 0.438. The zero-order valence-electron chi connectivity index (χ0n) is 16.0. The van der Waals surface area contributed by atoms with E-state index < -0.39 is 11.5 Å². The van der Waals surface area contributed by atoms with Gasteiger partial charge in [0.25, 0.3) is 5.56 Å². The first-order valence-corrected chi connectivity index (χ1v) is 9.61. The second kappa shape index (κ2) is 8.73. The third kappa shape index (κ3) is 4.41. The molecule has 4 rings (SSSR count). The molecule has 0 atom stereocenters. The zero-order valence-corrected chi connectivity index (χ0v) is 16.8. The number of benzene rings is 3. The fraction of sp³-hybridized carbons (Fsp3) is 0. The molecule has 7 nitrogen and oxygen atoms in total. The van der Waals surface area contributed by atoms with Crippen LogP contribution in [0, 0.1) is 0 Å². The first kappa shape index (κ1) is 20.2. The van der Waals surface area contributed by atoms with E-state index in [0.29, 0.717) is 22.1 Å². The van der Waals surface area contributed by atoms with Crippen LogP contribution in [0.15, 0.2) is 89.9 Å². The van der Waals surface area contributed by atoms with E-state index >= 15 is 0 Å². The van der Waals surface area contributed by atoms with Crippen molar-refractivity contribution < 1.29 is 14.6 Å². The van der Waals surface area contributed by atoms with Crippen LogP contribution in [0.3, 0.4) is 0 Å². The lowest BCUT2D eigenvalue weighted by atomic mass is 10.2. The number of para-hydroxylation sites is 2. The number of anilines is 2. The van der Waals surface area contributed by atoms with Crippen LogP contribution in [0.4, 0.5) is 11.4 Å². The summed E-state index contributed by atoms with van der Waals surface area (Å²) in [5.74, 6) is -0.296. The van der Waals surface area contributed by atoms with Gasteiger partial charge in [0.15, 0.2) is 11.4 Å². The highest BCUT2D eigenvalue weighted by Gasteiger charge is 2.17. The molecule has 0 bridgehead atoms. The van der Waals surface area contributed by atoms with Crippen molar-refractivity contribution in [3.63, 3.8) is 0 Å². The van der Waals surface area contributed by atoms with E-state index in [1.807, 2.05) is 18.2 Å². The maximum absolute atomic E-state index is 13.3. The first-order valence-electron chi connectivity index (χ1n) is 9.23. The van der Waals surface area contributed by atoms with Gasteiger partial charge >= 0.3 is 5.97 Å². The predicted molar refractivity (Wildman–Crippen MR) is 118 cm³/mol. The van der Waals surface area contributed by atoms with Gasteiger partial charge in [0.2, 0.25) is 0 Å². The van der Waals surface area contributed by atoms with Crippen molar-refractivity contribution in [3.05, 3.63) is 106 Å². The molecule has 0 saturated heterocycles. The SMILES string of the molecule is O=C(O)c1ccc(Nc2c(Oc3ccccc3)cnn(-c3ccccc3Cl)c2=O)cc1. The summed E-state index contributed by atoms with van der Waals surface area (Å²) in [6.07, 6.45) is 1.42. The monoisotopic (exact) mass is 433 g/mol. The number of hydrogen-bond donors (Lipinski definition) is 2. The van der Waals surface area contributed by atoms with E-state index in [9.17, 15) is 9.59 Å². The molecule has 0 aliphatic heterocycles. The van der Waals surface area contributed by atoms with E-state index in [-0.39, 0.29) is 17.0 Å². The number of aromatic nitrogens is 2. The molecular weight excluding hydrogens is 418 g/mol. The molecule has 0 radical (unpaired) electrons. The smallest absolute Gasteiger partial charge is 0.335 e. The van der Waals surface area contributed by atoms with Crippen LogP contribution in [-0.4, -0.2) is 20.9 Å². The van der Waals surface area contributed by atoms with E-state index in [1.54, 1.807) is 48.5 Å². The number of nitrogens with zero attached hydrogens (tertiary/aromatic N) is 2. The summed E-state index contributed by atoms with van der Waals surface area (Å²) in [5.41, 5.74) is 0.710. The number of halogens is 1. The Morgan fingerprint density at radius 2 is 1.65 bits per heavy atom. The van der Waals surface area contributed by atoms with Crippen LogP contribution in [0.2, 0.25) is 5.02 Å². The number of carboxylic acids is 1. The van der Waals surface area contributed by atoms with Gasteiger partial charge in [0.05, 0.1) is 22.5 Å². The second-order valence-corrected chi connectivity index (χ2v) is 6.88. The molecule has 0 amide bonds. The van der Waals surface area contributed by atoms with Crippen LogP contribution in [0.25, 0.3) is 5.69 Å². The van der Waals surface area contributed by atoms with Gasteiger partial charge in [-0.25, -0.2) is 4.79 Å². The van der Waals surface area contributed by atoms with Crippen LogP contribution in [0.5, 0.6) is 11.5 Å². The molecule has 0 saturated carbocycles. The molecule has 0 unspecified atom stereocenters. The van der Waals surface area contributed by atoms with Gasteiger partial charge in [-0.3, -0.25) is 4.79 Å². The third-order valence-electron chi connectivity index (χ3n) is 4.40. The van der Waals surface area contributed by atoms with Crippen molar-refractivity contribution in [2.24, 2.45) is 0 Å². The molecule has 0 spiro atoms. The molecular formula is C23H16ClN3O4. The molecule has 0 aliphatic rings. The lowest BCUT2D eigenvalue weighted by molar-refractivity contribution is 0.0697.